The number of esters is 1. The average Bonchev–Trinajstić information content (AvgIpc) is 3.19. The molecule has 1 aromatic carbocycles. The summed E-state index contributed by atoms with van der Waals surface area (Å²) in [5, 5.41) is 2.74. The van der Waals surface area contributed by atoms with E-state index in [-0.39, 0.29) is 12.3 Å². The Hall–Kier alpha value is -2.74. The van der Waals surface area contributed by atoms with Crippen molar-refractivity contribution in [3.05, 3.63) is 52.2 Å². The molecule has 3 aliphatic rings. The Morgan fingerprint density at radius 1 is 1.22 bits per heavy atom. The molecule has 1 saturated heterocycles. The summed E-state index contributed by atoms with van der Waals surface area (Å²) in [5.74, 6) is 1.05. The third-order valence-electron chi connectivity index (χ3n) is 6.28. The molecule has 4 rings (SSSR count). The third kappa shape index (κ3) is 4.28. The number of nitrogens with zero attached hydrogens (tertiary/aromatic N) is 3. The molecule has 0 bridgehead atoms. The smallest absolute Gasteiger partial charge is 0.338 e. The van der Waals surface area contributed by atoms with Gasteiger partial charge in [0.1, 0.15) is 5.75 Å². The van der Waals surface area contributed by atoms with Gasteiger partial charge >= 0.3 is 5.97 Å². The minimum atomic E-state index is -0.444. The lowest BCUT2D eigenvalue weighted by molar-refractivity contribution is -0.136. The van der Waals surface area contributed by atoms with Crippen LogP contribution in [0.15, 0.2) is 51.6 Å². The lowest BCUT2D eigenvalue weighted by atomic mass is 9.93. The van der Waals surface area contributed by atoms with Gasteiger partial charge in [-0.15, -0.1) is 0 Å². The number of thioether (sulfide) groups is 1. The number of rotatable bonds is 5. The van der Waals surface area contributed by atoms with Gasteiger partial charge in [-0.25, -0.2) is 9.79 Å². The van der Waals surface area contributed by atoms with Crippen LogP contribution in [-0.2, 0) is 14.3 Å². The highest BCUT2D eigenvalue weighted by atomic mass is 32.2. The van der Waals surface area contributed by atoms with E-state index in [0.29, 0.717) is 22.9 Å². The van der Waals surface area contributed by atoms with E-state index in [1.807, 2.05) is 46.4 Å². The van der Waals surface area contributed by atoms with Gasteiger partial charge in [0.15, 0.2) is 5.17 Å². The van der Waals surface area contributed by atoms with E-state index in [4.69, 9.17) is 9.47 Å². The molecular weight excluding hydrogens is 426 g/mol. The topological polar surface area (TPSA) is 71.4 Å². The summed E-state index contributed by atoms with van der Waals surface area (Å²) in [7, 11) is 2.99. The Kier molecular flexibility index (Phi) is 6.60. The molecule has 0 N–H and O–H groups in total. The summed E-state index contributed by atoms with van der Waals surface area (Å²) in [6, 6.07) is 7.20. The number of piperidine rings is 1. The first-order chi connectivity index (χ1) is 15.4. The predicted octanol–water partition coefficient (Wildman–Crippen LogP) is 4.09. The first-order valence-electron chi connectivity index (χ1n) is 10.9. The molecule has 1 fully saturated rings. The minimum absolute atomic E-state index is 0.111. The highest BCUT2D eigenvalue weighted by Crippen LogP contribution is 2.45. The van der Waals surface area contributed by atoms with Crippen molar-refractivity contribution in [2.45, 2.75) is 39.2 Å². The second kappa shape index (κ2) is 9.40. The minimum Gasteiger partial charge on any atom is -0.497 e. The number of hydrogen-bond acceptors (Lipinski definition) is 7. The molecule has 0 radical (unpaired) electrons. The summed E-state index contributed by atoms with van der Waals surface area (Å²) < 4.78 is 10.5. The van der Waals surface area contributed by atoms with Crippen LogP contribution in [0.3, 0.4) is 0 Å². The normalized spacial score (nSPS) is 21.2. The number of carbonyl (C=O) groups is 2. The van der Waals surface area contributed by atoms with Crippen LogP contribution in [0.2, 0.25) is 0 Å². The maximum atomic E-state index is 13.1. The van der Waals surface area contributed by atoms with Gasteiger partial charge in [-0.05, 0) is 48.8 Å². The SMILES string of the molecule is COC(=O)C1=C(C)N=C2SC=C(CC(=O)N3CCC(C)CC3)N2C1c1cccc(OC)c1. The van der Waals surface area contributed by atoms with Crippen LogP contribution in [0.5, 0.6) is 5.75 Å². The molecule has 1 unspecified atom stereocenters. The highest BCUT2D eigenvalue weighted by molar-refractivity contribution is 8.16. The largest absolute Gasteiger partial charge is 0.497 e. The molecule has 170 valence electrons. The third-order valence-corrected chi connectivity index (χ3v) is 7.17. The Bertz CT molecular complexity index is 1010. The second-order valence-electron chi connectivity index (χ2n) is 8.40. The molecule has 32 heavy (non-hydrogen) atoms. The number of likely N-dealkylation sites (tertiary alicyclic amines) is 1. The zero-order chi connectivity index (χ0) is 22.8. The number of hydrogen-bond donors (Lipinski definition) is 0. The fraction of sp³-hybridized carbons (Fsp3) is 0.458. The lowest BCUT2D eigenvalue weighted by Gasteiger charge is -2.37. The van der Waals surface area contributed by atoms with Crippen LogP contribution in [0.1, 0.15) is 44.7 Å². The fourth-order valence-corrected chi connectivity index (χ4v) is 5.36. The van der Waals surface area contributed by atoms with Crippen molar-refractivity contribution >= 4 is 28.8 Å². The molecule has 8 heteroatoms. The van der Waals surface area contributed by atoms with E-state index in [1.54, 1.807) is 7.11 Å². The lowest BCUT2D eigenvalue weighted by Crippen LogP contribution is -2.41. The van der Waals surface area contributed by atoms with Gasteiger partial charge < -0.3 is 19.3 Å². The van der Waals surface area contributed by atoms with Crippen molar-refractivity contribution in [2.75, 3.05) is 27.3 Å². The molecule has 0 spiro atoms. The number of aliphatic imine (C=N–C) groups is 1. The van der Waals surface area contributed by atoms with Crippen LogP contribution >= 0.6 is 11.8 Å². The Morgan fingerprint density at radius 3 is 2.66 bits per heavy atom. The quantitative estimate of drug-likeness (QED) is 0.623. The summed E-state index contributed by atoms with van der Waals surface area (Å²) in [4.78, 5) is 34.5. The fourth-order valence-electron chi connectivity index (χ4n) is 4.39. The molecule has 1 amide bonds. The number of carbonyl (C=O) groups excluding carboxylic acids is 2. The molecule has 1 atom stereocenters. The summed E-state index contributed by atoms with van der Waals surface area (Å²) >= 11 is 1.48. The van der Waals surface area contributed by atoms with Crippen LogP contribution in [0.25, 0.3) is 0 Å². The molecular formula is C24H29N3O4S. The van der Waals surface area contributed by atoms with Crippen molar-refractivity contribution in [3.8, 4) is 5.75 Å². The first-order valence-corrected chi connectivity index (χ1v) is 11.7. The Balaban J connectivity index is 1.67. The number of benzene rings is 1. The van der Waals surface area contributed by atoms with E-state index in [1.165, 1.54) is 18.9 Å². The highest BCUT2D eigenvalue weighted by Gasteiger charge is 2.41. The van der Waals surface area contributed by atoms with Gasteiger partial charge in [0.2, 0.25) is 5.91 Å². The monoisotopic (exact) mass is 455 g/mol. The van der Waals surface area contributed by atoms with Crippen LogP contribution < -0.4 is 4.74 Å². The first kappa shape index (κ1) is 22.5. The summed E-state index contributed by atoms with van der Waals surface area (Å²) in [6.07, 6.45) is 2.35. The molecule has 1 aromatic rings. The predicted molar refractivity (Wildman–Crippen MR) is 125 cm³/mol. The van der Waals surface area contributed by atoms with Crippen molar-refractivity contribution < 1.29 is 19.1 Å². The van der Waals surface area contributed by atoms with Gasteiger partial charge in [0, 0.05) is 18.8 Å². The molecule has 0 aliphatic carbocycles. The number of methoxy groups -OCH3 is 2. The van der Waals surface area contributed by atoms with Gasteiger partial charge in [0.05, 0.1) is 38.0 Å². The van der Waals surface area contributed by atoms with E-state index in [2.05, 4.69) is 11.9 Å². The van der Waals surface area contributed by atoms with Crippen molar-refractivity contribution in [1.82, 2.24) is 9.80 Å². The van der Waals surface area contributed by atoms with Crippen molar-refractivity contribution in [2.24, 2.45) is 10.9 Å². The van der Waals surface area contributed by atoms with Crippen molar-refractivity contribution in [3.63, 3.8) is 0 Å². The number of allylic oxidation sites excluding steroid dienone is 1. The molecule has 3 heterocycles. The molecule has 7 nitrogen and oxygen atoms in total. The summed E-state index contributed by atoms with van der Waals surface area (Å²) in [6.45, 7) is 5.65. The maximum Gasteiger partial charge on any atom is 0.338 e. The molecule has 0 aromatic heterocycles. The Labute approximate surface area is 193 Å². The molecule has 0 saturated carbocycles. The van der Waals surface area contributed by atoms with Crippen molar-refractivity contribution in [1.29, 1.82) is 0 Å². The number of ether oxygens (including phenoxy) is 2. The van der Waals surface area contributed by atoms with Gasteiger partial charge in [-0.1, -0.05) is 30.8 Å². The van der Waals surface area contributed by atoms with E-state index < -0.39 is 12.0 Å². The number of amides is 1. The van der Waals surface area contributed by atoms with E-state index in [9.17, 15) is 9.59 Å². The summed E-state index contributed by atoms with van der Waals surface area (Å²) in [5.41, 5.74) is 2.81. The zero-order valence-corrected chi connectivity index (χ0v) is 19.8. The van der Waals surface area contributed by atoms with Gasteiger partial charge in [0.25, 0.3) is 0 Å². The average molecular weight is 456 g/mol. The van der Waals surface area contributed by atoms with Crippen LogP contribution in [0, 0.1) is 5.92 Å². The van der Waals surface area contributed by atoms with Crippen LogP contribution in [0.4, 0.5) is 0 Å². The van der Waals surface area contributed by atoms with Crippen LogP contribution in [-0.4, -0.2) is 54.2 Å². The standard InChI is InChI=1S/C24H29N3O4S/c1-15-8-10-26(11-9-15)20(28)13-18-14-32-24-25-16(2)21(23(29)31-4)22(27(18)24)17-6-5-7-19(12-17)30-3/h5-7,12,14-15,22H,8-11,13H2,1-4H3. The Morgan fingerprint density at radius 2 is 1.97 bits per heavy atom. The van der Waals surface area contributed by atoms with E-state index in [0.717, 1.165) is 42.4 Å². The number of fused-ring (bicyclic) bond motifs is 1. The maximum absolute atomic E-state index is 13.1. The second-order valence-corrected chi connectivity index (χ2v) is 9.24. The number of amidine groups is 1. The van der Waals surface area contributed by atoms with E-state index >= 15 is 0 Å². The molecule has 3 aliphatic heterocycles. The van der Waals surface area contributed by atoms with Gasteiger partial charge in [-0.2, -0.15) is 0 Å². The zero-order valence-electron chi connectivity index (χ0n) is 19.0. The van der Waals surface area contributed by atoms with Gasteiger partial charge in [-0.3, -0.25) is 4.79 Å².